The third-order valence-corrected chi connectivity index (χ3v) is 4.64. The number of hydrogen-bond donors (Lipinski definition) is 1. The van der Waals surface area contributed by atoms with E-state index in [2.05, 4.69) is 4.98 Å². The van der Waals surface area contributed by atoms with Crippen molar-refractivity contribution < 1.29 is 18.0 Å². The van der Waals surface area contributed by atoms with Gasteiger partial charge in [-0.05, 0) is 49.1 Å². The monoisotopic (exact) mass is 391 g/mol. The highest BCUT2D eigenvalue weighted by Gasteiger charge is 2.30. The lowest BCUT2D eigenvalue weighted by molar-refractivity contribution is -0.137. The number of aromatic nitrogens is 1. The van der Waals surface area contributed by atoms with Crippen LogP contribution in [-0.4, -0.2) is 22.8 Å². The number of hydrogen-bond acceptors (Lipinski definition) is 3. The van der Waals surface area contributed by atoms with Gasteiger partial charge in [0, 0.05) is 25.7 Å². The van der Waals surface area contributed by atoms with Crippen LogP contribution >= 0.6 is 0 Å². The zero-order valence-electron chi connectivity index (χ0n) is 15.8. The van der Waals surface area contributed by atoms with Crippen molar-refractivity contribution in [2.75, 3.05) is 7.05 Å². The standard InChI is InChI=1S/C20H20F3N3O2/c1-12-16(13(2)25-19(28)17(12)10-24)8-9-18(27)26(3)11-14-4-6-15(7-5-14)20(21,22)23/h4-7H,8-9,11H2,1-3H3,(H,25,28). The molecule has 5 nitrogen and oxygen atoms in total. The summed E-state index contributed by atoms with van der Waals surface area (Å²) >= 11 is 0. The topological polar surface area (TPSA) is 77.0 Å². The summed E-state index contributed by atoms with van der Waals surface area (Å²) in [7, 11) is 1.58. The first kappa shape index (κ1) is 21.2. The average Bonchev–Trinajstić information content (AvgIpc) is 2.61. The number of carbonyl (C=O) groups is 1. The number of nitriles is 1. The maximum Gasteiger partial charge on any atom is 0.416 e. The fraction of sp³-hybridized carbons (Fsp3) is 0.350. The number of halogens is 3. The van der Waals surface area contributed by atoms with Gasteiger partial charge in [-0.2, -0.15) is 18.4 Å². The molecule has 0 atom stereocenters. The van der Waals surface area contributed by atoms with E-state index in [0.717, 1.165) is 17.7 Å². The number of nitrogens with zero attached hydrogens (tertiary/aromatic N) is 2. The van der Waals surface area contributed by atoms with Gasteiger partial charge in [0.15, 0.2) is 0 Å². The predicted octanol–water partition coefficient (Wildman–Crippen LogP) is 3.47. The SMILES string of the molecule is Cc1[nH]c(=O)c(C#N)c(C)c1CCC(=O)N(C)Cc1ccc(C(F)(F)F)cc1. The number of H-pyrrole nitrogens is 1. The van der Waals surface area contributed by atoms with Gasteiger partial charge in [-0.15, -0.1) is 0 Å². The number of carbonyl (C=O) groups excluding carboxylic acids is 1. The normalized spacial score (nSPS) is 11.2. The fourth-order valence-corrected chi connectivity index (χ4v) is 3.00. The Balaban J connectivity index is 2.04. The summed E-state index contributed by atoms with van der Waals surface area (Å²) in [5.41, 5.74) is 1.35. The van der Waals surface area contributed by atoms with Gasteiger partial charge in [-0.1, -0.05) is 12.1 Å². The molecule has 2 aromatic rings. The second kappa shape index (κ2) is 8.30. The van der Waals surface area contributed by atoms with Crippen molar-refractivity contribution in [2.24, 2.45) is 0 Å². The Hall–Kier alpha value is -3.08. The first-order valence-corrected chi connectivity index (χ1v) is 8.57. The number of benzene rings is 1. The van der Waals surface area contributed by atoms with Crippen LogP contribution in [0.5, 0.6) is 0 Å². The number of aryl methyl sites for hydroxylation is 1. The molecule has 1 heterocycles. The van der Waals surface area contributed by atoms with Gasteiger partial charge >= 0.3 is 6.18 Å². The summed E-state index contributed by atoms with van der Waals surface area (Å²) in [5, 5.41) is 9.10. The van der Waals surface area contributed by atoms with Crippen LogP contribution in [0.2, 0.25) is 0 Å². The van der Waals surface area contributed by atoms with Crippen LogP contribution in [0.15, 0.2) is 29.1 Å². The van der Waals surface area contributed by atoms with Gasteiger partial charge in [0.1, 0.15) is 11.6 Å². The molecule has 148 valence electrons. The molecular formula is C20H20F3N3O2. The van der Waals surface area contributed by atoms with E-state index >= 15 is 0 Å². The van der Waals surface area contributed by atoms with Gasteiger partial charge in [-0.25, -0.2) is 0 Å². The number of pyridine rings is 1. The Labute approximate surface area is 160 Å². The molecule has 0 unspecified atom stereocenters. The molecule has 1 amide bonds. The molecule has 0 aliphatic carbocycles. The highest BCUT2D eigenvalue weighted by atomic mass is 19.4. The lowest BCUT2D eigenvalue weighted by Crippen LogP contribution is -2.27. The first-order valence-electron chi connectivity index (χ1n) is 8.57. The Morgan fingerprint density at radius 2 is 1.82 bits per heavy atom. The molecule has 0 fully saturated rings. The van der Waals surface area contributed by atoms with Gasteiger partial charge in [0.2, 0.25) is 5.91 Å². The van der Waals surface area contributed by atoms with E-state index in [4.69, 9.17) is 5.26 Å². The van der Waals surface area contributed by atoms with E-state index in [1.54, 1.807) is 20.9 Å². The second-order valence-electron chi connectivity index (χ2n) is 6.61. The molecule has 0 saturated carbocycles. The van der Waals surface area contributed by atoms with Crippen molar-refractivity contribution >= 4 is 5.91 Å². The highest BCUT2D eigenvalue weighted by molar-refractivity contribution is 5.76. The lowest BCUT2D eigenvalue weighted by atomic mass is 9.99. The van der Waals surface area contributed by atoms with E-state index in [0.29, 0.717) is 23.2 Å². The largest absolute Gasteiger partial charge is 0.416 e. The average molecular weight is 391 g/mol. The predicted molar refractivity (Wildman–Crippen MR) is 97.5 cm³/mol. The van der Waals surface area contributed by atoms with Crippen LogP contribution in [0.4, 0.5) is 13.2 Å². The van der Waals surface area contributed by atoms with Gasteiger partial charge < -0.3 is 9.88 Å². The zero-order valence-corrected chi connectivity index (χ0v) is 15.8. The molecule has 28 heavy (non-hydrogen) atoms. The summed E-state index contributed by atoms with van der Waals surface area (Å²) in [6, 6.07) is 6.55. The third kappa shape index (κ3) is 4.80. The van der Waals surface area contributed by atoms with Crippen LogP contribution < -0.4 is 5.56 Å². The number of alkyl halides is 3. The summed E-state index contributed by atoms with van der Waals surface area (Å²) in [4.78, 5) is 28.2. The van der Waals surface area contributed by atoms with Crippen LogP contribution in [0.25, 0.3) is 0 Å². The van der Waals surface area contributed by atoms with Crippen LogP contribution in [0.3, 0.4) is 0 Å². The summed E-state index contributed by atoms with van der Waals surface area (Å²) in [5.74, 6) is -0.191. The molecule has 0 aliphatic rings. The summed E-state index contributed by atoms with van der Waals surface area (Å²) in [6.07, 6.45) is -3.90. The van der Waals surface area contributed by atoms with Crippen molar-refractivity contribution in [3.63, 3.8) is 0 Å². The number of amides is 1. The van der Waals surface area contributed by atoms with E-state index in [1.165, 1.54) is 17.0 Å². The summed E-state index contributed by atoms with van der Waals surface area (Å²) in [6.45, 7) is 3.57. The van der Waals surface area contributed by atoms with Crippen LogP contribution in [0, 0.1) is 25.2 Å². The molecule has 0 aliphatic heterocycles. The molecule has 8 heteroatoms. The quantitative estimate of drug-likeness (QED) is 0.848. The Morgan fingerprint density at radius 3 is 2.36 bits per heavy atom. The minimum Gasteiger partial charge on any atom is -0.341 e. The molecule has 0 radical (unpaired) electrons. The van der Waals surface area contributed by atoms with Crippen molar-refractivity contribution in [2.45, 2.75) is 39.4 Å². The maximum atomic E-state index is 12.6. The summed E-state index contributed by atoms with van der Waals surface area (Å²) < 4.78 is 37.8. The first-order chi connectivity index (χ1) is 13.0. The van der Waals surface area contributed by atoms with Crippen molar-refractivity contribution in [1.82, 2.24) is 9.88 Å². The third-order valence-electron chi connectivity index (χ3n) is 4.64. The van der Waals surface area contributed by atoms with Crippen molar-refractivity contribution in [3.8, 4) is 6.07 Å². The molecule has 1 aromatic carbocycles. The molecular weight excluding hydrogens is 371 g/mol. The Kier molecular flexibility index (Phi) is 6.29. The number of rotatable bonds is 5. The lowest BCUT2D eigenvalue weighted by Gasteiger charge is -2.18. The van der Waals surface area contributed by atoms with Gasteiger partial charge in [0.25, 0.3) is 5.56 Å². The molecule has 0 bridgehead atoms. The molecule has 0 spiro atoms. The zero-order chi connectivity index (χ0) is 21.1. The maximum absolute atomic E-state index is 12.6. The Morgan fingerprint density at radius 1 is 1.21 bits per heavy atom. The minimum absolute atomic E-state index is 0.0335. The van der Waals surface area contributed by atoms with E-state index in [-0.39, 0.29) is 24.4 Å². The van der Waals surface area contributed by atoms with Gasteiger partial charge in [0.05, 0.1) is 5.56 Å². The van der Waals surface area contributed by atoms with E-state index in [1.807, 2.05) is 6.07 Å². The molecule has 0 saturated heterocycles. The smallest absolute Gasteiger partial charge is 0.341 e. The van der Waals surface area contributed by atoms with Crippen molar-refractivity contribution in [3.05, 3.63) is 68.1 Å². The molecule has 1 aromatic heterocycles. The Bertz CT molecular complexity index is 970. The van der Waals surface area contributed by atoms with Crippen molar-refractivity contribution in [1.29, 1.82) is 5.26 Å². The second-order valence-corrected chi connectivity index (χ2v) is 6.61. The minimum atomic E-state index is -4.39. The molecule has 1 N–H and O–H groups in total. The highest BCUT2D eigenvalue weighted by Crippen LogP contribution is 2.29. The number of nitrogens with one attached hydrogen (secondary N) is 1. The van der Waals surface area contributed by atoms with Crippen LogP contribution in [0.1, 0.15) is 39.9 Å². The van der Waals surface area contributed by atoms with E-state index in [9.17, 15) is 22.8 Å². The fourth-order valence-electron chi connectivity index (χ4n) is 3.00. The molecule has 2 rings (SSSR count). The van der Waals surface area contributed by atoms with Gasteiger partial charge in [-0.3, -0.25) is 9.59 Å². The number of aromatic amines is 1. The van der Waals surface area contributed by atoms with Crippen LogP contribution in [-0.2, 0) is 23.9 Å². The van der Waals surface area contributed by atoms with E-state index < -0.39 is 17.3 Å².